The number of amides is 1. The Hall–Kier alpha value is -1.89. The van der Waals surface area contributed by atoms with E-state index in [1.807, 2.05) is 0 Å². The van der Waals surface area contributed by atoms with Crippen LogP contribution in [0.15, 0.2) is 18.2 Å². The van der Waals surface area contributed by atoms with Crippen molar-refractivity contribution in [2.24, 2.45) is 0 Å². The van der Waals surface area contributed by atoms with E-state index in [1.165, 1.54) is 11.3 Å². The number of alkyl halides is 1. The maximum absolute atomic E-state index is 12.1. The first-order valence-corrected chi connectivity index (χ1v) is 7.28. The zero-order chi connectivity index (χ0) is 15.5. The van der Waals surface area contributed by atoms with Crippen LogP contribution in [0.25, 0.3) is 10.2 Å². The van der Waals surface area contributed by atoms with Gasteiger partial charge < -0.3 is 9.47 Å². The van der Waals surface area contributed by atoms with Crippen LogP contribution >= 0.6 is 11.3 Å². The molecule has 0 saturated heterocycles. The molecule has 7 heteroatoms. The van der Waals surface area contributed by atoms with Crippen LogP contribution < -0.4 is 10.1 Å². The number of nitrogens with one attached hydrogen (secondary N) is 1. The molecule has 2 rings (SSSR count). The summed E-state index contributed by atoms with van der Waals surface area (Å²) in [5.41, 5.74) is 0.173. The number of hydrogen-bond donors (Lipinski definition) is 1. The number of fused-ring (bicyclic) bond motifs is 1. The third-order valence-electron chi connectivity index (χ3n) is 2.31. The molecule has 1 amide bonds. The van der Waals surface area contributed by atoms with Gasteiger partial charge in [-0.25, -0.2) is 14.2 Å². The van der Waals surface area contributed by atoms with Gasteiger partial charge in [0.25, 0.3) is 0 Å². The van der Waals surface area contributed by atoms with Crippen molar-refractivity contribution in [3.63, 3.8) is 0 Å². The number of thiazole rings is 1. The second-order valence-corrected chi connectivity index (χ2v) is 6.34. The first-order valence-electron chi connectivity index (χ1n) is 6.47. The fraction of sp³-hybridized carbons (Fsp3) is 0.429. The van der Waals surface area contributed by atoms with E-state index in [0.717, 1.165) is 10.2 Å². The van der Waals surface area contributed by atoms with Crippen molar-refractivity contribution in [1.29, 1.82) is 0 Å². The Labute approximate surface area is 126 Å². The highest BCUT2D eigenvalue weighted by molar-refractivity contribution is 7.22. The molecule has 1 aromatic heterocycles. The van der Waals surface area contributed by atoms with Crippen LogP contribution in [0.5, 0.6) is 5.75 Å². The number of nitrogens with zero attached hydrogens (tertiary/aromatic N) is 1. The van der Waals surface area contributed by atoms with Crippen LogP contribution in [0.2, 0.25) is 0 Å². The van der Waals surface area contributed by atoms with Gasteiger partial charge in [0.1, 0.15) is 24.6 Å². The van der Waals surface area contributed by atoms with Gasteiger partial charge in [-0.3, -0.25) is 5.32 Å². The SMILES string of the molecule is CC(C)(C)OC(=O)Nc1nc2ccc(OCCF)cc2s1. The molecular weight excluding hydrogens is 295 g/mol. The molecule has 0 aliphatic heterocycles. The summed E-state index contributed by atoms with van der Waals surface area (Å²) >= 11 is 1.30. The molecule has 1 N–H and O–H groups in total. The van der Waals surface area contributed by atoms with Gasteiger partial charge in [-0.15, -0.1) is 0 Å². The largest absolute Gasteiger partial charge is 0.491 e. The minimum atomic E-state index is -0.561. The van der Waals surface area contributed by atoms with E-state index in [0.29, 0.717) is 10.9 Å². The molecule has 0 spiro atoms. The summed E-state index contributed by atoms with van der Waals surface area (Å²) in [6.45, 7) is 4.86. The van der Waals surface area contributed by atoms with Crippen molar-refractivity contribution >= 4 is 32.8 Å². The van der Waals surface area contributed by atoms with Gasteiger partial charge in [0.2, 0.25) is 0 Å². The molecule has 1 aromatic carbocycles. The lowest BCUT2D eigenvalue weighted by molar-refractivity contribution is 0.0636. The van der Waals surface area contributed by atoms with Crippen molar-refractivity contribution < 1.29 is 18.7 Å². The molecule has 0 saturated carbocycles. The second-order valence-electron chi connectivity index (χ2n) is 5.31. The molecule has 1 heterocycles. The first-order chi connectivity index (χ1) is 9.87. The fourth-order valence-electron chi connectivity index (χ4n) is 1.60. The summed E-state index contributed by atoms with van der Waals surface area (Å²) in [7, 11) is 0. The van der Waals surface area contributed by atoms with Crippen LogP contribution in [0.4, 0.5) is 14.3 Å². The Morgan fingerprint density at radius 3 is 2.86 bits per heavy atom. The normalized spacial score (nSPS) is 11.4. The number of anilines is 1. The number of halogens is 1. The molecular formula is C14H17FN2O3S. The van der Waals surface area contributed by atoms with Crippen LogP contribution in [-0.4, -0.2) is 30.0 Å². The topological polar surface area (TPSA) is 60.5 Å². The first kappa shape index (κ1) is 15.5. The summed E-state index contributed by atoms with van der Waals surface area (Å²) in [5.74, 6) is 0.576. The van der Waals surface area contributed by atoms with Crippen molar-refractivity contribution in [3.8, 4) is 5.75 Å². The lowest BCUT2D eigenvalue weighted by Gasteiger charge is -2.18. The molecule has 0 radical (unpaired) electrons. The molecule has 0 fully saturated rings. The lowest BCUT2D eigenvalue weighted by Crippen LogP contribution is -2.27. The monoisotopic (exact) mass is 312 g/mol. The smallest absolute Gasteiger partial charge is 0.413 e. The Bertz CT molecular complexity index is 637. The number of hydrogen-bond acceptors (Lipinski definition) is 5. The van der Waals surface area contributed by atoms with Crippen LogP contribution in [0.1, 0.15) is 20.8 Å². The molecule has 0 bridgehead atoms. The molecule has 0 unspecified atom stereocenters. The summed E-state index contributed by atoms with van der Waals surface area (Å²) in [5, 5.41) is 3.04. The van der Waals surface area contributed by atoms with Gasteiger partial charge in [0, 0.05) is 0 Å². The summed E-state index contributed by atoms with van der Waals surface area (Å²) in [6.07, 6.45) is -0.546. The maximum atomic E-state index is 12.1. The summed E-state index contributed by atoms with van der Waals surface area (Å²) in [6, 6.07) is 5.25. The van der Waals surface area contributed by atoms with E-state index >= 15 is 0 Å². The summed E-state index contributed by atoms with van der Waals surface area (Å²) in [4.78, 5) is 16.0. The molecule has 0 aliphatic rings. The van der Waals surface area contributed by atoms with E-state index in [9.17, 15) is 9.18 Å². The van der Waals surface area contributed by atoms with Gasteiger partial charge in [-0.05, 0) is 39.0 Å². The van der Waals surface area contributed by atoms with E-state index in [4.69, 9.17) is 9.47 Å². The minimum Gasteiger partial charge on any atom is -0.491 e. The quantitative estimate of drug-likeness (QED) is 0.927. The average Bonchev–Trinajstić information content (AvgIpc) is 2.74. The Balaban J connectivity index is 2.10. The summed E-state index contributed by atoms with van der Waals surface area (Å²) < 4.78 is 23.3. The predicted molar refractivity (Wildman–Crippen MR) is 80.9 cm³/mol. The van der Waals surface area contributed by atoms with Crippen molar-refractivity contribution in [1.82, 2.24) is 4.98 Å². The maximum Gasteiger partial charge on any atom is 0.413 e. The highest BCUT2D eigenvalue weighted by atomic mass is 32.1. The Morgan fingerprint density at radius 1 is 1.43 bits per heavy atom. The number of carbonyl (C=O) groups excluding carboxylic acids is 1. The molecule has 114 valence electrons. The number of ether oxygens (including phenoxy) is 2. The average molecular weight is 312 g/mol. The lowest BCUT2D eigenvalue weighted by atomic mass is 10.2. The van der Waals surface area contributed by atoms with Crippen molar-refractivity contribution in [3.05, 3.63) is 18.2 Å². The molecule has 21 heavy (non-hydrogen) atoms. The van der Waals surface area contributed by atoms with E-state index in [1.54, 1.807) is 39.0 Å². The zero-order valence-corrected chi connectivity index (χ0v) is 12.9. The fourth-order valence-corrected chi connectivity index (χ4v) is 2.48. The Morgan fingerprint density at radius 2 is 2.19 bits per heavy atom. The number of aromatic nitrogens is 1. The van der Waals surface area contributed by atoms with Crippen LogP contribution in [-0.2, 0) is 4.74 Å². The molecule has 0 atom stereocenters. The molecule has 5 nitrogen and oxygen atoms in total. The number of rotatable bonds is 4. The predicted octanol–water partition coefficient (Wildman–Crippen LogP) is 3.99. The van der Waals surface area contributed by atoms with Crippen molar-refractivity contribution in [2.75, 3.05) is 18.6 Å². The van der Waals surface area contributed by atoms with E-state index in [2.05, 4.69) is 10.3 Å². The molecule has 2 aromatic rings. The van der Waals surface area contributed by atoms with Crippen LogP contribution in [0, 0.1) is 0 Å². The van der Waals surface area contributed by atoms with E-state index in [-0.39, 0.29) is 6.61 Å². The van der Waals surface area contributed by atoms with Gasteiger partial charge >= 0.3 is 6.09 Å². The van der Waals surface area contributed by atoms with Crippen molar-refractivity contribution in [2.45, 2.75) is 26.4 Å². The molecule has 0 aliphatic carbocycles. The van der Waals surface area contributed by atoms with Gasteiger partial charge in [0.15, 0.2) is 5.13 Å². The standard InChI is InChI=1S/C14H17FN2O3S/c1-14(2,3)20-13(18)17-12-16-10-5-4-9(19-7-6-15)8-11(10)21-12/h4-5,8H,6-7H2,1-3H3,(H,16,17,18). The highest BCUT2D eigenvalue weighted by Crippen LogP contribution is 2.29. The third kappa shape index (κ3) is 4.56. The van der Waals surface area contributed by atoms with Gasteiger partial charge in [-0.1, -0.05) is 11.3 Å². The van der Waals surface area contributed by atoms with E-state index < -0.39 is 18.4 Å². The second kappa shape index (κ2) is 6.26. The minimum absolute atomic E-state index is 0.0212. The van der Waals surface area contributed by atoms with Crippen LogP contribution in [0.3, 0.4) is 0 Å². The third-order valence-corrected chi connectivity index (χ3v) is 3.25. The highest BCUT2D eigenvalue weighted by Gasteiger charge is 2.17. The van der Waals surface area contributed by atoms with Gasteiger partial charge in [-0.2, -0.15) is 0 Å². The Kier molecular flexibility index (Phi) is 4.62. The number of benzene rings is 1. The zero-order valence-electron chi connectivity index (χ0n) is 12.1. The van der Waals surface area contributed by atoms with Gasteiger partial charge in [0.05, 0.1) is 10.2 Å². The number of carbonyl (C=O) groups is 1.